The standard InChI is InChI=1S/C10H20N2O3/c1-8(10(13)12-5-6-14-2)15-9-3-4-11-7-9/h8-9,11H,3-7H2,1-2H3,(H,12,13). The molecule has 0 bridgehead atoms. The van der Waals surface area contributed by atoms with Crippen molar-refractivity contribution < 1.29 is 14.3 Å². The van der Waals surface area contributed by atoms with Crippen molar-refractivity contribution in [2.45, 2.75) is 25.6 Å². The molecular weight excluding hydrogens is 196 g/mol. The Balaban J connectivity index is 2.14. The van der Waals surface area contributed by atoms with Gasteiger partial charge in [-0.05, 0) is 19.9 Å². The van der Waals surface area contributed by atoms with Crippen molar-refractivity contribution in [1.29, 1.82) is 0 Å². The molecule has 1 aliphatic rings. The molecule has 0 radical (unpaired) electrons. The summed E-state index contributed by atoms with van der Waals surface area (Å²) >= 11 is 0. The van der Waals surface area contributed by atoms with E-state index in [0.717, 1.165) is 19.5 Å². The molecule has 0 aliphatic carbocycles. The van der Waals surface area contributed by atoms with Gasteiger partial charge in [0.05, 0.1) is 12.7 Å². The zero-order valence-electron chi connectivity index (χ0n) is 9.41. The van der Waals surface area contributed by atoms with Gasteiger partial charge in [0.25, 0.3) is 0 Å². The van der Waals surface area contributed by atoms with Gasteiger partial charge in [0, 0.05) is 20.2 Å². The highest BCUT2D eigenvalue weighted by Gasteiger charge is 2.21. The predicted molar refractivity (Wildman–Crippen MR) is 56.7 cm³/mol. The van der Waals surface area contributed by atoms with Crippen LogP contribution in [-0.4, -0.2) is 51.5 Å². The molecule has 1 saturated heterocycles. The molecule has 2 unspecified atom stereocenters. The lowest BCUT2D eigenvalue weighted by molar-refractivity contribution is -0.134. The SMILES string of the molecule is COCCNC(=O)C(C)OC1CCNC1. The number of carbonyl (C=O) groups is 1. The normalized spacial score (nSPS) is 22.7. The van der Waals surface area contributed by atoms with Gasteiger partial charge >= 0.3 is 0 Å². The molecule has 15 heavy (non-hydrogen) atoms. The monoisotopic (exact) mass is 216 g/mol. The summed E-state index contributed by atoms with van der Waals surface area (Å²) in [4.78, 5) is 11.5. The van der Waals surface area contributed by atoms with E-state index in [2.05, 4.69) is 10.6 Å². The predicted octanol–water partition coefficient (Wildman–Crippen LogP) is -0.484. The van der Waals surface area contributed by atoms with Crippen LogP contribution in [0, 0.1) is 0 Å². The third-order valence-electron chi connectivity index (χ3n) is 2.39. The van der Waals surface area contributed by atoms with Gasteiger partial charge in [-0.25, -0.2) is 0 Å². The maximum absolute atomic E-state index is 11.5. The second-order valence-corrected chi connectivity index (χ2v) is 3.68. The Bertz CT molecular complexity index is 193. The summed E-state index contributed by atoms with van der Waals surface area (Å²) in [6.07, 6.45) is 0.773. The van der Waals surface area contributed by atoms with Crippen LogP contribution in [0.4, 0.5) is 0 Å². The minimum Gasteiger partial charge on any atom is -0.383 e. The number of hydrogen-bond donors (Lipinski definition) is 2. The van der Waals surface area contributed by atoms with E-state index in [9.17, 15) is 4.79 Å². The number of carbonyl (C=O) groups excluding carboxylic acids is 1. The number of nitrogens with one attached hydrogen (secondary N) is 2. The molecule has 0 aromatic rings. The lowest BCUT2D eigenvalue weighted by atomic mass is 10.3. The van der Waals surface area contributed by atoms with Gasteiger partial charge in [-0.2, -0.15) is 0 Å². The van der Waals surface area contributed by atoms with E-state index in [-0.39, 0.29) is 18.1 Å². The minimum absolute atomic E-state index is 0.0704. The molecule has 0 spiro atoms. The highest BCUT2D eigenvalue weighted by Crippen LogP contribution is 2.06. The van der Waals surface area contributed by atoms with Crippen molar-refractivity contribution in [3.05, 3.63) is 0 Å². The van der Waals surface area contributed by atoms with Crippen molar-refractivity contribution in [2.24, 2.45) is 0 Å². The van der Waals surface area contributed by atoms with Gasteiger partial charge in [-0.15, -0.1) is 0 Å². The topological polar surface area (TPSA) is 59.6 Å². The fourth-order valence-corrected chi connectivity index (χ4v) is 1.51. The van der Waals surface area contributed by atoms with E-state index in [0.29, 0.717) is 13.2 Å². The number of hydrogen-bond acceptors (Lipinski definition) is 4. The molecule has 88 valence electrons. The van der Waals surface area contributed by atoms with Crippen LogP contribution in [0.25, 0.3) is 0 Å². The minimum atomic E-state index is -0.383. The Morgan fingerprint density at radius 3 is 3.07 bits per heavy atom. The van der Waals surface area contributed by atoms with Gasteiger partial charge in [0.1, 0.15) is 6.10 Å². The molecule has 0 saturated carbocycles. The molecule has 1 amide bonds. The third-order valence-corrected chi connectivity index (χ3v) is 2.39. The molecule has 5 heteroatoms. The number of rotatable bonds is 6. The first-order valence-corrected chi connectivity index (χ1v) is 5.37. The average molecular weight is 216 g/mol. The van der Waals surface area contributed by atoms with Crippen molar-refractivity contribution >= 4 is 5.91 Å². The largest absolute Gasteiger partial charge is 0.383 e. The molecule has 0 aromatic heterocycles. The Hall–Kier alpha value is -0.650. The van der Waals surface area contributed by atoms with E-state index in [1.54, 1.807) is 14.0 Å². The van der Waals surface area contributed by atoms with Crippen LogP contribution in [0.5, 0.6) is 0 Å². The van der Waals surface area contributed by atoms with Gasteiger partial charge in [-0.3, -0.25) is 4.79 Å². The van der Waals surface area contributed by atoms with Gasteiger partial charge < -0.3 is 20.1 Å². The molecule has 2 atom stereocenters. The second-order valence-electron chi connectivity index (χ2n) is 3.68. The zero-order valence-corrected chi connectivity index (χ0v) is 9.41. The lowest BCUT2D eigenvalue weighted by Crippen LogP contribution is -2.38. The Kier molecular flexibility index (Phi) is 5.60. The summed E-state index contributed by atoms with van der Waals surface area (Å²) in [5, 5.41) is 5.94. The first-order valence-electron chi connectivity index (χ1n) is 5.37. The van der Waals surface area contributed by atoms with Crippen molar-refractivity contribution in [1.82, 2.24) is 10.6 Å². The molecule has 2 N–H and O–H groups in total. The summed E-state index contributed by atoms with van der Waals surface area (Å²) in [6.45, 7) is 4.66. The molecule has 1 heterocycles. The smallest absolute Gasteiger partial charge is 0.248 e. The average Bonchev–Trinajstić information content (AvgIpc) is 2.70. The molecule has 1 rings (SSSR count). The molecule has 0 aromatic carbocycles. The molecule has 1 fully saturated rings. The number of amides is 1. The zero-order chi connectivity index (χ0) is 11.1. The summed E-state index contributed by atoms with van der Waals surface area (Å²) in [5.74, 6) is -0.0704. The van der Waals surface area contributed by atoms with Crippen molar-refractivity contribution in [2.75, 3.05) is 33.4 Å². The van der Waals surface area contributed by atoms with E-state index in [4.69, 9.17) is 9.47 Å². The van der Waals surface area contributed by atoms with E-state index < -0.39 is 0 Å². The fourth-order valence-electron chi connectivity index (χ4n) is 1.51. The summed E-state index contributed by atoms with van der Waals surface area (Å²) in [5.41, 5.74) is 0. The summed E-state index contributed by atoms with van der Waals surface area (Å²) in [7, 11) is 1.61. The molecule has 1 aliphatic heterocycles. The highest BCUT2D eigenvalue weighted by atomic mass is 16.5. The van der Waals surface area contributed by atoms with Crippen LogP contribution in [0.1, 0.15) is 13.3 Å². The highest BCUT2D eigenvalue weighted by molar-refractivity contribution is 5.80. The van der Waals surface area contributed by atoms with Crippen LogP contribution in [0.2, 0.25) is 0 Å². The fraction of sp³-hybridized carbons (Fsp3) is 0.900. The Labute approximate surface area is 90.5 Å². The maximum atomic E-state index is 11.5. The Morgan fingerprint density at radius 1 is 1.67 bits per heavy atom. The second kappa shape index (κ2) is 6.76. The van der Waals surface area contributed by atoms with Crippen molar-refractivity contribution in [3.8, 4) is 0 Å². The van der Waals surface area contributed by atoms with Gasteiger partial charge in [-0.1, -0.05) is 0 Å². The van der Waals surface area contributed by atoms with Gasteiger partial charge in [0.15, 0.2) is 0 Å². The molecular formula is C10H20N2O3. The molecule has 5 nitrogen and oxygen atoms in total. The van der Waals surface area contributed by atoms with E-state index in [1.807, 2.05) is 0 Å². The third kappa shape index (κ3) is 4.59. The maximum Gasteiger partial charge on any atom is 0.248 e. The summed E-state index contributed by atoms with van der Waals surface area (Å²) in [6, 6.07) is 0. The summed E-state index contributed by atoms with van der Waals surface area (Å²) < 4.78 is 10.4. The lowest BCUT2D eigenvalue weighted by Gasteiger charge is -2.17. The van der Waals surface area contributed by atoms with Crippen LogP contribution < -0.4 is 10.6 Å². The van der Waals surface area contributed by atoms with E-state index >= 15 is 0 Å². The first kappa shape index (κ1) is 12.4. The van der Waals surface area contributed by atoms with Crippen molar-refractivity contribution in [3.63, 3.8) is 0 Å². The van der Waals surface area contributed by atoms with E-state index in [1.165, 1.54) is 0 Å². The van der Waals surface area contributed by atoms with Gasteiger partial charge in [0.2, 0.25) is 5.91 Å². The van der Waals surface area contributed by atoms with Crippen LogP contribution in [0.3, 0.4) is 0 Å². The first-order chi connectivity index (χ1) is 7.24. The quantitative estimate of drug-likeness (QED) is 0.589. The van der Waals surface area contributed by atoms with Crippen LogP contribution >= 0.6 is 0 Å². The number of methoxy groups -OCH3 is 1. The number of ether oxygens (including phenoxy) is 2. The Morgan fingerprint density at radius 2 is 2.47 bits per heavy atom. The van der Waals surface area contributed by atoms with Crippen LogP contribution in [-0.2, 0) is 14.3 Å². The van der Waals surface area contributed by atoms with Crippen LogP contribution in [0.15, 0.2) is 0 Å².